The summed E-state index contributed by atoms with van der Waals surface area (Å²) in [6, 6.07) is 13.9. The Kier molecular flexibility index (Phi) is 6.64. The lowest BCUT2D eigenvalue weighted by molar-refractivity contribution is -0.125. The number of ether oxygens (including phenoxy) is 1. The van der Waals surface area contributed by atoms with E-state index in [0.717, 1.165) is 22.9 Å². The maximum atomic E-state index is 13.2. The summed E-state index contributed by atoms with van der Waals surface area (Å²) in [4.78, 5) is 27.8. The molecule has 3 aromatic rings. The number of rotatable bonds is 5. The highest BCUT2D eigenvalue weighted by Crippen LogP contribution is 2.29. The molecular weight excluding hydrogens is 428 g/mol. The molecule has 2 aromatic carbocycles. The van der Waals surface area contributed by atoms with Crippen LogP contribution in [0, 0.1) is 12.8 Å². The highest BCUT2D eigenvalue weighted by Gasteiger charge is 2.41. The molecule has 1 fully saturated rings. The van der Waals surface area contributed by atoms with Crippen molar-refractivity contribution in [3.05, 3.63) is 65.4 Å². The largest absolute Gasteiger partial charge is 0.444 e. The first-order valence-electron chi connectivity index (χ1n) is 11.8. The summed E-state index contributed by atoms with van der Waals surface area (Å²) in [5.74, 6) is 0.0428. The number of carbonyl (C=O) groups excluding carboxylic acids is 2. The molecule has 34 heavy (non-hydrogen) atoms. The first-order chi connectivity index (χ1) is 16.1. The molecule has 0 saturated carbocycles. The van der Waals surface area contributed by atoms with Crippen LogP contribution >= 0.6 is 0 Å². The SMILES string of the molecule is Cc1ccc(C[C@@H]2C[C@@H](C(=O)NCc3ccc4c(cnn4C)c3)N(C(=O)OC(C)(C)C)C2)cc1. The molecule has 1 N–H and O–H groups in total. The molecule has 0 bridgehead atoms. The molecule has 0 unspecified atom stereocenters. The summed E-state index contributed by atoms with van der Waals surface area (Å²) in [6.45, 7) is 8.49. The van der Waals surface area contributed by atoms with Gasteiger partial charge in [-0.25, -0.2) is 4.79 Å². The third-order valence-electron chi connectivity index (χ3n) is 6.24. The van der Waals surface area contributed by atoms with E-state index in [4.69, 9.17) is 4.74 Å². The zero-order valence-electron chi connectivity index (χ0n) is 20.7. The Hall–Kier alpha value is -3.35. The number of hydrogen-bond donors (Lipinski definition) is 1. The minimum atomic E-state index is -0.619. The highest BCUT2D eigenvalue weighted by molar-refractivity contribution is 5.86. The highest BCUT2D eigenvalue weighted by atomic mass is 16.6. The van der Waals surface area contributed by atoms with Crippen LogP contribution in [0.1, 0.15) is 43.9 Å². The molecule has 1 saturated heterocycles. The standard InChI is InChI=1S/C27H34N4O3/c1-18-6-8-19(9-7-18)12-21-14-24(31(17-21)26(33)34-27(2,3)4)25(32)28-15-20-10-11-23-22(13-20)16-29-30(23)5/h6-11,13,16,21,24H,12,14-15,17H2,1-5H3,(H,28,32)/t21-,24+/m1/s1. The summed E-state index contributed by atoms with van der Waals surface area (Å²) >= 11 is 0. The molecule has 4 rings (SSSR count). The van der Waals surface area contributed by atoms with Gasteiger partial charge in [0.2, 0.25) is 5.91 Å². The lowest BCUT2D eigenvalue weighted by Gasteiger charge is -2.28. The topological polar surface area (TPSA) is 76.5 Å². The number of aromatic nitrogens is 2. The fraction of sp³-hybridized carbons (Fsp3) is 0.444. The number of nitrogens with zero attached hydrogens (tertiary/aromatic N) is 3. The summed E-state index contributed by atoms with van der Waals surface area (Å²) in [5.41, 5.74) is 3.84. The second kappa shape index (κ2) is 9.49. The van der Waals surface area contributed by atoms with Crippen LogP contribution in [0.2, 0.25) is 0 Å². The Morgan fingerprint density at radius 3 is 2.53 bits per heavy atom. The normalized spacial score (nSPS) is 18.3. The van der Waals surface area contributed by atoms with Gasteiger partial charge in [-0.2, -0.15) is 5.10 Å². The van der Waals surface area contributed by atoms with E-state index in [-0.39, 0.29) is 11.8 Å². The summed E-state index contributed by atoms with van der Waals surface area (Å²) in [5, 5.41) is 8.34. The second-order valence-electron chi connectivity index (χ2n) is 10.3. The smallest absolute Gasteiger partial charge is 0.410 e. The maximum Gasteiger partial charge on any atom is 0.410 e. The molecule has 0 radical (unpaired) electrons. The summed E-state index contributed by atoms with van der Waals surface area (Å²) < 4.78 is 7.45. The third-order valence-corrected chi connectivity index (χ3v) is 6.24. The van der Waals surface area contributed by atoms with Crippen molar-refractivity contribution in [2.45, 2.75) is 58.7 Å². The Labute approximate surface area is 201 Å². The number of carbonyl (C=O) groups is 2. The van der Waals surface area contributed by atoms with Crippen molar-refractivity contribution < 1.29 is 14.3 Å². The Balaban J connectivity index is 1.46. The van der Waals surface area contributed by atoms with Crippen molar-refractivity contribution in [2.75, 3.05) is 6.54 Å². The lowest BCUT2D eigenvalue weighted by atomic mass is 9.96. The molecule has 0 spiro atoms. The molecule has 7 nitrogen and oxygen atoms in total. The van der Waals surface area contributed by atoms with Crippen LogP contribution in [0.15, 0.2) is 48.7 Å². The summed E-state index contributed by atoms with van der Waals surface area (Å²) in [7, 11) is 1.90. The van der Waals surface area contributed by atoms with E-state index in [1.54, 1.807) is 4.90 Å². The minimum Gasteiger partial charge on any atom is -0.444 e. The number of benzene rings is 2. The summed E-state index contributed by atoms with van der Waals surface area (Å²) in [6.07, 6.45) is 2.81. The van der Waals surface area contributed by atoms with E-state index in [1.807, 2.05) is 56.9 Å². The van der Waals surface area contributed by atoms with Gasteiger partial charge in [0.1, 0.15) is 11.6 Å². The van der Waals surface area contributed by atoms with Crippen molar-refractivity contribution in [1.82, 2.24) is 20.0 Å². The van der Waals surface area contributed by atoms with Gasteiger partial charge < -0.3 is 10.1 Å². The average molecular weight is 463 g/mol. The molecule has 1 aromatic heterocycles. The van der Waals surface area contributed by atoms with Gasteiger partial charge in [0.15, 0.2) is 0 Å². The molecule has 1 aliphatic heterocycles. The average Bonchev–Trinajstić information content (AvgIpc) is 3.36. The van der Waals surface area contributed by atoms with Gasteiger partial charge in [-0.05, 0) is 69.7 Å². The van der Waals surface area contributed by atoms with E-state index in [1.165, 1.54) is 11.1 Å². The molecule has 2 atom stereocenters. The number of aryl methyl sites for hydroxylation is 2. The number of fused-ring (bicyclic) bond motifs is 1. The van der Waals surface area contributed by atoms with Crippen molar-refractivity contribution in [2.24, 2.45) is 13.0 Å². The van der Waals surface area contributed by atoms with E-state index < -0.39 is 17.7 Å². The van der Waals surface area contributed by atoms with Crippen LogP contribution in [-0.4, -0.2) is 44.9 Å². The van der Waals surface area contributed by atoms with E-state index >= 15 is 0 Å². The van der Waals surface area contributed by atoms with Gasteiger partial charge >= 0.3 is 6.09 Å². The van der Waals surface area contributed by atoms with Gasteiger partial charge in [0.05, 0.1) is 11.7 Å². The molecule has 7 heteroatoms. The molecule has 180 valence electrons. The van der Waals surface area contributed by atoms with Crippen molar-refractivity contribution in [3.63, 3.8) is 0 Å². The first-order valence-corrected chi connectivity index (χ1v) is 11.8. The van der Waals surface area contributed by atoms with Gasteiger partial charge in [-0.1, -0.05) is 35.9 Å². The van der Waals surface area contributed by atoms with Gasteiger partial charge in [-0.15, -0.1) is 0 Å². The quantitative estimate of drug-likeness (QED) is 0.611. The molecular formula is C27H34N4O3. The van der Waals surface area contributed by atoms with E-state index in [2.05, 4.69) is 41.6 Å². The molecule has 2 heterocycles. The minimum absolute atomic E-state index is 0.149. The first kappa shape index (κ1) is 23.8. The Morgan fingerprint density at radius 2 is 1.82 bits per heavy atom. The van der Waals surface area contributed by atoms with Gasteiger partial charge in [0.25, 0.3) is 0 Å². The Bertz CT molecular complexity index is 1180. The molecule has 0 aliphatic carbocycles. The van der Waals surface area contributed by atoms with Gasteiger partial charge in [0, 0.05) is 25.5 Å². The second-order valence-corrected chi connectivity index (χ2v) is 10.3. The molecule has 2 amide bonds. The predicted octanol–water partition coefficient (Wildman–Crippen LogP) is 4.37. The van der Waals surface area contributed by atoms with Crippen molar-refractivity contribution in [1.29, 1.82) is 0 Å². The van der Waals surface area contributed by atoms with Crippen LogP contribution in [0.4, 0.5) is 4.79 Å². The van der Waals surface area contributed by atoms with Crippen LogP contribution < -0.4 is 5.32 Å². The monoisotopic (exact) mass is 462 g/mol. The third kappa shape index (κ3) is 5.58. The fourth-order valence-corrected chi connectivity index (χ4v) is 4.53. The van der Waals surface area contributed by atoms with Gasteiger partial charge in [-0.3, -0.25) is 14.4 Å². The zero-order chi connectivity index (χ0) is 24.5. The van der Waals surface area contributed by atoms with Crippen LogP contribution in [-0.2, 0) is 29.5 Å². The number of hydrogen-bond acceptors (Lipinski definition) is 4. The maximum absolute atomic E-state index is 13.2. The van der Waals surface area contributed by atoms with E-state index in [9.17, 15) is 9.59 Å². The number of likely N-dealkylation sites (tertiary alicyclic amines) is 1. The van der Waals surface area contributed by atoms with Crippen LogP contribution in [0.5, 0.6) is 0 Å². The van der Waals surface area contributed by atoms with Crippen molar-refractivity contribution in [3.8, 4) is 0 Å². The lowest BCUT2D eigenvalue weighted by Crippen LogP contribution is -2.47. The fourth-order valence-electron chi connectivity index (χ4n) is 4.53. The predicted molar refractivity (Wildman–Crippen MR) is 132 cm³/mol. The van der Waals surface area contributed by atoms with Crippen molar-refractivity contribution >= 4 is 22.9 Å². The van der Waals surface area contributed by atoms with Crippen LogP contribution in [0.25, 0.3) is 10.9 Å². The number of nitrogens with one attached hydrogen (secondary N) is 1. The van der Waals surface area contributed by atoms with E-state index in [0.29, 0.717) is 19.5 Å². The Morgan fingerprint density at radius 1 is 1.12 bits per heavy atom. The zero-order valence-corrected chi connectivity index (χ0v) is 20.7. The van der Waals surface area contributed by atoms with Crippen LogP contribution in [0.3, 0.4) is 0 Å². The molecule has 1 aliphatic rings. The number of amides is 2.